The zero-order valence-corrected chi connectivity index (χ0v) is 22.0. The van der Waals surface area contributed by atoms with Gasteiger partial charge in [0, 0.05) is 30.1 Å². The number of carbonyl (C=O) groups is 2. The SMILES string of the molecule is CS(=O)(=O)NCc1csc2c1S(=O)(=O)N=C(C1C(=O)[C@H]3CCCC[C@H]3N(C3CCCCC3)C1=O)N2. The first-order chi connectivity index (χ1) is 16.6. The number of piperidine rings is 1. The minimum absolute atomic E-state index is 0.0733. The van der Waals surface area contributed by atoms with Crippen LogP contribution >= 0.6 is 11.3 Å². The maximum atomic E-state index is 13.8. The average molecular weight is 543 g/mol. The molecule has 1 unspecified atom stereocenters. The van der Waals surface area contributed by atoms with Crippen LogP contribution in [-0.4, -0.2) is 57.6 Å². The molecule has 1 saturated heterocycles. The normalized spacial score (nSPS) is 29.2. The summed E-state index contributed by atoms with van der Waals surface area (Å²) in [6.45, 7) is -0.197. The van der Waals surface area contributed by atoms with Crippen molar-refractivity contribution in [3.05, 3.63) is 10.9 Å². The largest absolute Gasteiger partial charge is 0.335 e. The van der Waals surface area contributed by atoms with E-state index in [2.05, 4.69) is 14.4 Å². The third-order valence-electron chi connectivity index (χ3n) is 7.54. The average Bonchev–Trinajstić information content (AvgIpc) is 3.22. The number of likely N-dealkylation sites (tertiary alicyclic amines) is 1. The fraction of sp³-hybridized carbons (Fsp3) is 0.682. The van der Waals surface area contributed by atoms with Crippen molar-refractivity contribution in [3.8, 4) is 0 Å². The number of hydrogen-bond acceptors (Lipinski definition) is 8. The molecule has 1 aromatic heterocycles. The zero-order valence-electron chi connectivity index (χ0n) is 19.5. The Balaban J connectivity index is 1.49. The van der Waals surface area contributed by atoms with Crippen LogP contribution in [0.3, 0.4) is 0 Å². The van der Waals surface area contributed by atoms with Crippen LogP contribution in [0.5, 0.6) is 0 Å². The Kier molecular flexibility index (Phi) is 6.56. The van der Waals surface area contributed by atoms with Gasteiger partial charge in [0.05, 0.1) is 6.26 Å². The van der Waals surface area contributed by atoms with Crippen molar-refractivity contribution in [1.82, 2.24) is 9.62 Å². The zero-order chi connectivity index (χ0) is 25.0. The second kappa shape index (κ2) is 9.24. The number of amides is 1. The summed E-state index contributed by atoms with van der Waals surface area (Å²) in [5, 5.41) is 4.75. The van der Waals surface area contributed by atoms with Gasteiger partial charge in [-0.25, -0.2) is 13.1 Å². The van der Waals surface area contributed by atoms with Gasteiger partial charge < -0.3 is 10.2 Å². The number of hydrogen-bond donors (Lipinski definition) is 2. The number of anilines is 1. The number of amidine groups is 1. The Morgan fingerprint density at radius 2 is 1.80 bits per heavy atom. The molecule has 0 radical (unpaired) electrons. The summed E-state index contributed by atoms with van der Waals surface area (Å²) in [6, 6.07) is -0.0425. The van der Waals surface area contributed by atoms with Gasteiger partial charge in [-0.15, -0.1) is 15.7 Å². The molecule has 2 N–H and O–H groups in total. The smallest absolute Gasteiger partial charge is 0.287 e. The van der Waals surface area contributed by atoms with Crippen LogP contribution in [0.4, 0.5) is 5.00 Å². The summed E-state index contributed by atoms with van der Waals surface area (Å²) in [5.74, 6) is -2.29. The molecule has 0 spiro atoms. The highest BCUT2D eigenvalue weighted by atomic mass is 32.2. The first-order valence-corrected chi connectivity index (χ1v) is 16.3. The molecule has 2 aliphatic heterocycles. The molecule has 0 aromatic carbocycles. The molecule has 3 heterocycles. The molecule has 3 atom stereocenters. The quantitative estimate of drug-likeness (QED) is 0.543. The van der Waals surface area contributed by atoms with Gasteiger partial charge >= 0.3 is 0 Å². The van der Waals surface area contributed by atoms with Crippen LogP contribution in [0.2, 0.25) is 0 Å². The summed E-state index contributed by atoms with van der Waals surface area (Å²) in [6.07, 6.45) is 9.41. The van der Waals surface area contributed by atoms with Crippen molar-refractivity contribution in [3.63, 3.8) is 0 Å². The number of thiophene rings is 1. The summed E-state index contributed by atoms with van der Waals surface area (Å²) >= 11 is 1.08. The molecule has 3 fully saturated rings. The summed E-state index contributed by atoms with van der Waals surface area (Å²) < 4.78 is 55.5. The lowest BCUT2D eigenvalue weighted by molar-refractivity contribution is -0.155. The predicted octanol–water partition coefficient (Wildman–Crippen LogP) is 2.23. The first kappa shape index (κ1) is 24.8. The minimum Gasteiger partial charge on any atom is -0.335 e. The molecule has 1 amide bonds. The maximum absolute atomic E-state index is 13.8. The van der Waals surface area contributed by atoms with Crippen molar-refractivity contribution in [2.75, 3.05) is 11.6 Å². The van der Waals surface area contributed by atoms with Crippen molar-refractivity contribution in [1.29, 1.82) is 0 Å². The number of Topliss-reactive ketones (excluding diaryl/α,β-unsaturated/α-hetero) is 1. The van der Waals surface area contributed by atoms with Gasteiger partial charge in [-0.1, -0.05) is 32.1 Å². The van der Waals surface area contributed by atoms with Crippen molar-refractivity contribution in [2.24, 2.45) is 16.2 Å². The Morgan fingerprint density at radius 3 is 2.51 bits per heavy atom. The highest BCUT2D eigenvalue weighted by Crippen LogP contribution is 2.42. The number of nitrogens with zero attached hydrogens (tertiary/aromatic N) is 2. The molecule has 4 aliphatic rings. The van der Waals surface area contributed by atoms with Crippen LogP contribution in [0, 0.1) is 11.8 Å². The van der Waals surface area contributed by atoms with Crippen LogP contribution in [0.25, 0.3) is 0 Å². The topological polar surface area (TPSA) is 142 Å². The highest BCUT2D eigenvalue weighted by molar-refractivity contribution is 7.91. The van der Waals surface area contributed by atoms with E-state index in [1.807, 2.05) is 4.90 Å². The summed E-state index contributed by atoms with van der Waals surface area (Å²) in [7, 11) is -7.76. The minimum atomic E-state index is -4.24. The fourth-order valence-corrected chi connectivity index (χ4v) is 9.07. The van der Waals surface area contributed by atoms with E-state index in [4.69, 9.17) is 0 Å². The van der Waals surface area contributed by atoms with E-state index in [9.17, 15) is 26.4 Å². The Morgan fingerprint density at radius 1 is 1.11 bits per heavy atom. The Bertz CT molecular complexity index is 1280. The van der Waals surface area contributed by atoms with Gasteiger partial charge in [-0.3, -0.25) is 9.59 Å². The number of rotatable bonds is 5. The fourth-order valence-electron chi connectivity index (χ4n) is 6.01. The molecule has 192 valence electrons. The van der Waals surface area contributed by atoms with Gasteiger partial charge in [0.15, 0.2) is 11.7 Å². The second-order valence-corrected chi connectivity index (χ2v) is 14.2. The van der Waals surface area contributed by atoms with Crippen molar-refractivity contribution < 1.29 is 26.4 Å². The molecule has 10 nitrogen and oxygen atoms in total. The highest BCUT2D eigenvalue weighted by Gasteiger charge is 2.53. The van der Waals surface area contributed by atoms with Crippen LogP contribution in [0.1, 0.15) is 63.4 Å². The second-order valence-electron chi connectivity index (χ2n) is 9.92. The van der Waals surface area contributed by atoms with Crippen LogP contribution in [-0.2, 0) is 36.2 Å². The number of nitrogens with one attached hydrogen (secondary N) is 2. The van der Waals surface area contributed by atoms with Crippen molar-refractivity contribution >= 4 is 53.9 Å². The molecule has 13 heteroatoms. The van der Waals surface area contributed by atoms with Gasteiger partial charge in [-0.05, 0) is 31.1 Å². The number of sulfonamides is 2. The molecule has 1 aromatic rings. The van der Waals surface area contributed by atoms with E-state index in [1.54, 1.807) is 5.38 Å². The molecule has 5 rings (SSSR count). The third-order valence-corrected chi connectivity index (χ3v) is 10.7. The van der Waals surface area contributed by atoms with E-state index >= 15 is 0 Å². The molecule has 35 heavy (non-hydrogen) atoms. The lowest BCUT2D eigenvalue weighted by Crippen LogP contribution is -2.63. The molecular formula is C22H30N4O6S3. The first-order valence-electron chi connectivity index (χ1n) is 12.1. The van der Waals surface area contributed by atoms with E-state index in [1.165, 1.54) is 0 Å². The van der Waals surface area contributed by atoms with Gasteiger partial charge in [-0.2, -0.15) is 8.42 Å². The summed E-state index contributed by atoms with van der Waals surface area (Å²) in [4.78, 5) is 29.2. The van der Waals surface area contributed by atoms with E-state index in [-0.39, 0.29) is 57.5 Å². The lowest BCUT2D eigenvalue weighted by atomic mass is 9.72. The van der Waals surface area contributed by atoms with Gasteiger partial charge in [0.1, 0.15) is 15.7 Å². The number of ketones is 1. The van der Waals surface area contributed by atoms with Crippen LogP contribution in [0.15, 0.2) is 14.7 Å². The third kappa shape index (κ3) is 4.67. The van der Waals surface area contributed by atoms with Crippen molar-refractivity contribution in [2.45, 2.75) is 81.3 Å². The molecule has 0 bridgehead atoms. The van der Waals surface area contributed by atoms with Gasteiger partial charge in [0.2, 0.25) is 15.9 Å². The molecule has 2 aliphatic carbocycles. The molecular weight excluding hydrogens is 512 g/mol. The van der Waals surface area contributed by atoms with E-state index < -0.39 is 26.0 Å². The van der Waals surface area contributed by atoms with Gasteiger partial charge in [0.25, 0.3) is 10.0 Å². The monoisotopic (exact) mass is 542 g/mol. The Hall–Kier alpha value is -1.83. The number of carbonyl (C=O) groups excluding carboxylic acids is 2. The Labute approximate surface area is 209 Å². The van der Waals surface area contributed by atoms with E-state index in [0.29, 0.717) is 6.42 Å². The molecule has 2 saturated carbocycles. The standard InChI is InChI=1S/C22H30N4O6S3/c1-34(29,30)23-11-13-12-33-21-19(13)35(31,32)25-20(24-21)17-18(27)15-9-5-6-10-16(15)26(22(17)28)14-7-3-2-4-8-14/h12,14-17,23H,2-11H2,1H3,(H,24,25)/t15-,16+,17?/m0/s1. The number of fused-ring (bicyclic) bond motifs is 2. The lowest BCUT2D eigenvalue weighted by Gasteiger charge is -2.50. The van der Waals surface area contributed by atoms with E-state index in [0.717, 1.165) is 69.0 Å². The predicted molar refractivity (Wildman–Crippen MR) is 132 cm³/mol. The van der Waals surface area contributed by atoms with Crippen LogP contribution < -0.4 is 10.0 Å². The maximum Gasteiger partial charge on any atom is 0.287 e. The summed E-state index contributed by atoms with van der Waals surface area (Å²) in [5.41, 5.74) is 0.267.